The molecule has 26 heavy (non-hydrogen) atoms. The van der Waals surface area contributed by atoms with Crippen molar-refractivity contribution < 1.29 is 0 Å². The Hall–Kier alpha value is 0.140. The first-order valence-corrected chi connectivity index (χ1v) is 10.5. The fraction of sp³-hybridized carbons (Fsp3) is 0.667. The zero-order chi connectivity index (χ0) is 17.1. The van der Waals surface area contributed by atoms with Crippen LogP contribution in [0.2, 0.25) is 0 Å². The van der Waals surface area contributed by atoms with Crippen LogP contribution in [0.15, 0.2) is 0 Å². The number of aryl methyl sites for hydroxylation is 3. The molecule has 0 saturated carbocycles. The topological polar surface area (TPSA) is 49.8 Å². The van der Waals surface area contributed by atoms with Crippen LogP contribution in [0.4, 0.5) is 0 Å². The summed E-state index contributed by atoms with van der Waals surface area (Å²) < 4.78 is 0. The highest BCUT2D eigenvalue weighted by Gasteiger charge is 2.16. The van der Waals surface area contributed by atoms with Gasteiger partial charge in [-0.2, -0.15) is 0 Å². The van der Waals surface area contributed by atoms with Crippen LogP contribution in [0, 0.1) is 13.8 Å². The van der Waals surface area contributed by atoms with Gasteiger partial charge in [0, 0.05) is 41.3 Å². The Morgan fingerprint density at radius 2 is 1.46 bits per heavy atom. The normalized spacial score (nSPS) is 21.5. The van der Waals surface area contributed by atoms with Gasteiger partial charge < -0.3 is 10.6 Å². The molecule has 0 aromatic carbocycles. The van der Waals surface area contributed by atoms with Gasteiger partial charge in [0.1, 0.15) is 0 Å². The molecule has 0 aliphatic carbocycles. The van der Waals surface area contributed by atoms with Crippen molar-refractivity contribution in [3.05, 3.63) is 31.2 Å². The van der Waals surface area contributed by atoms with E-state index in [9.17, 15) is 0 Å². The van der Waals surface area contributed by atoms with Gasteiger partial charge in [0.05, 0.1) is 21.4 Å². The number of hydrogen-bond donors (Lipinski definition) is 2. The molecular formula is C18H30Br2N4S2. The number of nitrogens with zero attached hydrogens (tertiary/aromatic N) is 2. The van der Waals surface area contributed by atoms with Gasteiger partial charge in [0.25, 0.3) is 0 Å². The van der Waals surface area contributed by atoms with Crippen molar-refractivity contribution in [1.29, 1.82) is 0 Å². The molecule has 0 saturated heterocycles. The zero-order valence-corrected chi connectivity index (χ0v) is 21.0. The van der Waals surface area contributed by atoms with E-state index < -0.39 is 0 Å². The van der Waals surface area contributed by atoms with E-state index in [1.54, 1.807) is 0 Å². The second kappa shape index (κ2) is 11.2. The Morgan fingerprint density at radius 1 is 0.846 bits per heavy atom. The average Bonchev–Trinajstić information content (AvgIpc) is 2.94. The van der Waals surface area contributed by atoms with E-state index in [0.29, 0.717) is 12.1 Å². The Labute approximate surface area is 186 Å². The molecule has 4 heterocycles. The van der Waals surface area contributed by atoms with Crippen molar-refractivity contribution in [3.8, 4) is 0 Å². The summed E-state index contributed by atoms with van der Waals surface area (Å²) in [5.74, 6) is 0. The summed E-state index contributed by atoms with van der Waals surface area (Å²) >= 11 is 3.69. The lowest BCUT2D eigenvalue weighted by molar-refractivity contribution is 0.534. The summed E-state index contributed by atoms with van der Waals surface area (Å²) in [6.45, 7) is 10.8. The third kappa shape index (κ3) is 6.63. The van der Waals surface area contributed by atoms with Gasteiger partial charge in [0.15, 0.2) is 0 Å². The van der Waals surface area contributed by atoms with Crippen LogP contribution in [0.25, 0.3) is 0 Å². The molecule has 0 spiro atoms. The summed E-state index contributed by atoms with van der Waals surface area (Å²) in [5.41, 5.74) is 2.66. The van der Waals surface area contributed by atoms with Crippen LogP contribution in [0.3, 0.4) is 0 Å². The summed E-state index contributed by atoms with van der Waals surface area (Å²) in [6.07, 6.45) is 4.62. The molecule has 4 rings (SSSR count). The molecule has 2 aliphatic heterocycles. The van der Waals surface area contributed by atoms with Crippen molar-refractivity contribution in [3.63, 3.8) is 0 Å². The van der Waals surface area contributed by atoms with Gasteiger partial charge in [-0.3, -0.25) is 0 Å². The quantitative estimate of drug-likeness (QED) is 0.529. The van der Waals surface area contributed by atoms with Gasteiger partial charge in [-0.1, -0.05) is 0 Å². The summed E-state index contributed by atoms with van der Waals surface area (Å²) in [7, 11) is 0. The van der Waals surface area contributed by atoms with Gasteiger partial charge in [-0.15, -0.1) is 56.6 Å². The Balaban J connectivity index is 0.000000241. The highest BCUT2D eigenvalue weighted by atomic mass is 79.9. The highest BCUT2D eigenvalue weighted by Crippen LogP contribution is 2.22. The number of thiazole rings is 2. The van der Waals surface area contributed by atoms with Crippen LogP contribution in [-0.4, -0.2) is 28.6 Å². The van der Waals surface area contributed by atoms with E-state index >= 15 is 0 Å². The molecule has 2 aromatic rings. The van der Waals surface area contributed by atoms with E-state index in [1.165, 1.54) is 37.6 Å². The zero-order valence-electron chi connectivity index (χ0n) is 15.9. The third-order valence-electron chi connectivity index (χ3n) is 4.54. The minimum atomic E-state index is 0. The van der Waals surface area contributed by atoms with E-state index in [0.717, 1.165) is 32.4 Å². The van der Waals surface area contributed by atoms with Crippen molar-refractivity contribution in [2.75, 3.05) is 6.54 Å². The Kier molecular flexibility index (Phi) is 10.4. The number of nitrogens with one attached hydrogen (secondary N) is 2. The van der Waals surface area contributed by atoms with Crippen molar-refractivity contribution >= 4 is 56.6 Å². The first kappa shape index (κ1) is 24.2. The van der Waals surface area contributed by atoms with Crippen molar-refractivity contribution in [2.45, 2.75) is 72.0 Å². The minimum absolute atomic E-state index is 0. The standard InChI is InChI=1S/2C9H14N2S.2BrH/c1-6-5-9-8(3-4-10-6)11-7(2)12-9;1-6-3-4-8-9(5-10-6)12-7(2)11-8;;/h2*6,10H,3-5H2,1-2H3;2*1H. The highest BCUT2D eigenvalue weighted by molar-refractivity contribution is 8.93. The van der Waals surface area contributed by atoms with Gasteiger partial charge in [0.2, 0.25) is 0 Å². The van der Waals surface area contributed by atoms with Crippen LogP contribution >= 0.6 is 56.6 Å². The Bertz CT molecular complexity index is 661. The van der Waals surface area contributed by atoms with Crippen LogP contribution in [0.1, 0.15) is 51.4 Å². The second-order valence-corrected chi connectivity index (χ2v) is 9.41. The lowest BCUT2D eigenvalue weighted by atomic mass is 10.2. The first-order valence-electron chi connectivity index (χ1n) is 8.88. The maximum atomic E-state index is 4.52. The van der Waals surface area contributed by atoms with E-state index in [2.05, 4.69) is 48.3 Å². The van der Waals surface area contributed by atoms with Crippen molar-refractivity contribution in [2.24, 2.45) is 0 Å². The lowest BCUT2D eigenvalue weighted by Crippen LogP contribution is -2.27. The monoisotopic (exact) mass is 524 g/mol. The molecule has 2 N–H and O–H groups in total. The van der Waals surface area contributed by atoms with Crippen molar-refractivity contribution in [1.82, 2.24) is 20.6 Å². The van der Waals surface area contributed by atoms with E-state index in [-0.39, 0.29) is 34.0 Å². The summed E-state index contributed by atoms with van der Waals surface area (Å²) in [6, 6.07) is 1.26. The molecular weight excluding hydrogens is 496 g/mol. The lowest BCUT2D eigenvalue weighted by Gasteiger charge is -2.07. The summed E-state index contributed by atoms with van der Waals surface area (Å²) in [5, 5.41) is 9.37. The number of halogens is 2. The molecule has 2 atom stereocenters. The van der Waals surface area contributed by atoms with Crippen LogP contribution in [-0.2, 0) is 25.8 Å². The van der Waals surface area contributed by atoms with Crippen LogP contribution in [0.5, 0.6) is 0 Å². The molecule has 4 nitrogen and oxygen atoms in total. The fourth-order valence-electron chi connectivity index (χ4n) is 3.22. The largest absolute Gasteiger partial charge is 0.314 e. The number of fused-ring (bicyclic) bond motifs is 2. The number of rotatable bonds is 0. The predicted octanol–water partition coefficient (Wildman–Crippen LogP) is 4.56. The molecule has 0 bridgehead atoms. The second-order valence-electron chi connectivity index (χ2n) is 6.84. The summed E-state index contributed by atoms with van der Waals surface area (Å²) in [4.78, 5) is 12.0. The molecule has 8 heteroatoms. The number of aromatic nitrogens is 2. The Morgan fingerprint density at radius 3 is 2.15 bits per heavy atom. The smallest absolute Gasteiger partial charge is 0.0900 e. The maximum absolute atomic E-state index is 4.52. The molecule has 0 amide bonds. The fourth-order valence-corrected chi connectivity index (χ4v) is 5.27. The molecule has 2 aromatic heterocycles. The number of hydrogen-bond acceptors (Lipinski definition) is 6. The molecule has 148 valence electrons. The van der Waals surface area contributed by atoms with Gasteiger partial charge in [-0.25, -0.2) is 9.97 Å². The molecule has 2 unspecified atom stereocenters. The van der Waals surface area contributed by atoms with Gasteiger partial charge >= 0.3 is 0 Å². The van der Waals surface area contributed by atoms with Crippen LogP contribution < -0.4 is 10.6 Å². The molecule has 2 aliphatic rings. The van der Waals surface area contributed by atoms with E-state index in [1.807, 2.05) is 22.7 Å². The van der Waals surface area contributed by atoms with E-state index in [4.69, 9.17) is 0 Å². The molecule has 0 fully saturated rings. The predicted molar refractivity (Wildman–Crippen MR) is 124 cm³/mol. The molecule has 0 radical (unpaired) electrons. The SMILES string of the molecule is Br.Br.Cc1nc2c(s1)CC(C)NCC2.Cc1nc2c(s1)CNC(C)CC2. The minimum Gasteiger partial charge on any atom is -0.314 e. The average molecular weight is 526 g/mol. The van der Waals surface area contributed by atoms with Gasteiger partial charge in [-0.05, 0) is 47.0 Å². The maximum Gasteiger partial charge on any atom is 0.0900 e. The third-order valence-corrected chi connectivity index (χ3v) is 6.59. The first-order chi connectivity index (χ1) is 11.5.